The Morgan fingerprint density at radius 2 is 2.22 bits per heavy atom. The summed E-state index contributed by atoms with van der Waals surface area (Å²) in [5, 5.41) is 53.0. The van der Waals surface area contributed by atoms with E-state index in [4.69, 9.17) is 5.26 Å². The molecule has 0 unspecified atom stereocenters. The molecular formula is C11H7N7O5. The van der Waals surface area contributed by atoms with Crippen LogP contribution >= 0.6 is 0 Å². The second-order valence-electron chi connectivity index (χ2n) is 4.02. The molecule has 12 nitrogen and oxygen atoms in total. The van der Waals surface area contributed by atoms with E-state index in [1.165, 1.54) is 0 Å². The van der Waals surface area contributed by atoms with Crippen LogP contribution in [-0.4, -0.2) is 41.7 Å². The van der Waals surface area contributed by atoms with E-state index in [0.29, 0.717) is 0 Å². The third-order valence-electron chi connectivity index (χ3n) is 2.54. The zero-order valence-electron chi connectivity index (χ0n) is 11.1. The maximum atomic E-state index is 11.8. The number of nitrogens with one attached hydrogen (secondary N) is 2. The number of anilines is 1. The first kappa shape index (κ1) is 15.4. The summed E-state index contributed by atoms with van der Waals surface area (Å²) in [5.41, 5.74) is -1.24. The van der Waals surface area contributed by atoms with Crippen molar-refractivity contribution in [1.29, 1.82) is 5.26 Å². The fourth-order valence-corrected chi connectivity index (χ4v) is 1.55. The molecule has 0 fully saturated rings. The number of phenolic OH excluding ortho intramolecular Hbond substituents is 2. The minimum absolute atomic E-state index is 0.0354. The zero-order chi connectivity index (χ0) is 17.0. The van der Waals surface area contributed by atoms with Crippen molar-refractivity contribution in [3.63, 3.8) is 0 Å². The van der Waals surface area contributed by atoms with Crippen LogP contribution in [0.1, 0.15) is 5.56 Å². The molecule has 12 heteroatoms. The lowest BCUT2D eigenvalue weighted by Crippen LogP contribution is -2.14. The van der Waals surface area contributed by atoms with Crippen molar-refractivity contribution in [1.82, 2.24) is 20.6 Å². The van der Waals surface area contributed by atoms with Gasteiger partial charge in [-0.15, -0.1) is 5.10 Å². The molecule has 1 heterocycles. The van der Waals surface area contributed by atoms with E-state index >= 15 is 0 Å². The average Bonchev–Trinajstić information content (AvgIpc) is 3.00. The lowest BCUT2D eigenvalue weighted by atomic mass is 10.1. The smallest absolute Gasteiger partial charge is 0.315 e. The summed E-state index contributed by atoms with van der Waals surface area (Å²) in [5.74, 6) is -2.73. The Bertz CT molecular complexity index is 837. The minimum atomic E-state index is -0.919. The molecule has 23 heavy (non-hydrogen) atoms. The second-order valence-corrected chi connectivity index (χ2v) is 4.02. The van der Waals surface area contributed by atoms with E-state index in [1.54, 1.807) is 6.07 Å². The number of nitriles is 1. The third kappa shape index (κ3) is 3.36. The van der Waals surface area contributed by atoms with Gasteiger partial charge in [0.25, 0.3) is 11.9 Å². The summed E-state index contributed by atoms with van der Waals surface area (Å²) in [4.78, 5) is 21.7. The number of tetrazole rings is 1. The Kier molecular flexibility index (Phi) is 4.13. The molecule has 0 atom stereocenters. The average molecular weight is 317 g/mol. The molecule has 0 aliphatic rings. The fraction of sp³-hybridized carbons (Fsp3) is 0. The summed E-state index contributed by atoms with van der Waals surface area (Å²) in [6.45, 7) is 0. The quantitative estimate of drug-likeness (QED) is 0.198. The SMILES string of the molecule is N#C/C(=C\c1cc(O)c(O)c([N+](=O)[O-])c1)C(=O)Nc1nn[nH]n1. The minimum Gasteiger partial charge on any atom is -0.504 e. The van der Waals surface area contributed by atoms with Crippen LogP contribution in [0, 0.1) is 21.4 Å². The highest BCUT2D eigenvalue weighted by Gasteiger charge is 2.19. The van der Waals surface area contributed by atoms with Crippen LogP contribution in [0.4, 0.5) is 11.6 Å². The molecule has 2 rings (SSSR count). The van der Waals surface area contributed by atoms with E-state index < -0.39 is 33.6 Å². The van der Waals surface area contributed by atoms with Gasteiger partial charge >= 0.3 is 5.69 Å². The number of nitro benzene ring substituents is 1. The van der Waals surface area contributed by atoms with Crippen molar-refractivity contribution in [3.05, 3.63) is 33.4 Å². The van der Waals surface area contributed by atoms with Crippen molar-refractivity contribution >= 4 is 23.6 Å². The topological polar surface area (TPSA) is 191 Å². The largest absolute Gasteiger partial charge is 0.504 e. The van der Waals surface area contributed by atoms with Crippen LogP contribution in [0.25, 0.3) is 6.08 Å². The Hall–Kier alpha value is -4.01. The van der Waals surface area contributed by atoms with E-state index in [1.807, 2.05) is 0 Å². The van der Waals surface area contributed by atoms with Crippen molar-refractivity contribution in [2.75, 3.05) is 5.32 Å². The normalized spacial score (nSPS) is 10.8. The van der Waals surface area contributed by atoms with Crippen LogP contribution in [0.15, 0.2) is 17.7 Å². The lowest BCUT2D eigenvalue weighted by molar-refractivity contribution is -0.386. The molecule has 1 aromatic heterocycles. The van der Waals surface area contributed by atoms with Crippen molar-refractivity contribution in [2.24, 2.45) is 0 Å². The number of hydrogen-bond donors (Lipinski definition) is 4. The van der Waals surface area contributed by atoms with E-state index in [9.17, 15) is 25.1 Å². The number of aromatic hydroxyl groups is 2. The van der Waals surface area contributed by atoms with Crippen LogP contribution < -0.4 is 5.32 Å². The number of carbonyl (C=O) groups excluding carboxylic acids is 1. The number of nitrogens with zero attached hydrogens (tertiary/aromatic N) is 5. The molecule has 0 bridgehead atoms. The van der Waals surface area contributed by atoms with Gasteiger partial charge in [-0.3, -0.25) is 20.2 Å². The first-order valence-corrected chi connectivity index (χ1v) is 5.79. The predicted octanol–water partition coefficient (Wildman–Crippen LogP) is 0.0648. The van der Waals surface area contributed by atoms with Gasteiger partial charge in [-0.1, -0.05) is 5.10 Å². The lowest BCUT2D eigenvalue weighted by Gasteiger charge is -2.02. The summed E-state index contributed by atoms with van der Waals surface area (Å²) in [6, 6.07) is 3.45. The van der Waals surface area contributed by atoms with Gasteiger partial charge in [0.2, 0.25) is 5.75 Å². The van der Waals surface area contributed by atoms with Crippen LogP contribution in [-0.2, 0) is 4.79 Å². The van der Waals surface area contributed by atoms with Crippen LogP contribution in [0.5, 0.6) is 11.5 Å². The molecule has 0 radical (unpaired) electrons. The molecule has 1 amide bonds. The van der Waals surface area contributed by atoms with Gasteiger partial charge in [0.15, 0.2) is 5.75 Å². The highest BCUT2D eigenvalue weighted by atomic mass is 16.6. The third-order valence-corrected chi connectivity index (χ3v) is 2.54. The standard InChI is InChI=1S/C11H7N7O5/c12-4-6(10(21)13-11-14-16-17-15-11)1-5-2-7(18(22)23)9(20)8(19)3-5/h1-3,19-20H,(H2,13,14,15,16,17,21)/b6-1+. The number of carbonyl (C=O) groups is 1. The molecule has 0 saturated heterocycles. The Morgan fingerprint density at radius 1 is 1.48 bits per heavy atom. The predicted molar refractivity (Wildman–Crippen MR) is 72.8 cm³/mol. The number of benzene rings is 1. The van der Waals surface area contributed by atoms with Gasteiger partial charge in [0.1, 0.15) is 11.6 Å². The molecule has 4 N–H and O–H groups in total. The van der Waals surface area contributed by atoms with Gasteiger partial charge < -0.3 is 10.2 Å². The monoisotopic (exact) mass is 317 g/mol. The fourth-order valence-electron chi connectivity index (χ4n) is 1.55. The van der Waals surface area contributed by atoms with Gasteiger partial charge in [-0.25, -0.2) is 0 Å². The second kappa shape index (κ2) is 6.18. The summed E-state index contributed by atoms with van der Waals surface area (Å²) in [6.07, 6.45) is 0.988. The van der Waals surface area contributed by atoms with E-state index in [2.05, 4.69) is 25.9 Å². The number of rotatable bonds is 4. The number of H-pyrrole nitrogens is 1. The summed E-state index contributed by atoms with van der Waals surface area (Å²) in [7, 11) is 0. The molecule has 0 aliphatic carbocycles. The van der Waals surface area contributed by atoms with Crippen molar-refractivity contribution in [3.8, 4) is 17.6 Å². The highest BCUT2D eigenvalue weighted by Crippen LogP contribution is 2.36. The van der Waals surface area contributed by atoms with E-state index in [-0.39, 0.29) is 11.5 Å². The molecule has 0 spiro atoms. The van der Waals surface area contributed by atoms with Crippen molar-refractivity contribution in [2.45, 2.75) is 0 Å². The summed E-state index contributed by atoms with van der Waals surface area (Å²) < 4.78 is 0. The molecule has 116 valence electrons. The first-order chi connectivity index (χ1) is 10.9. The number of phenols is 2. The number of aromatic amines is 1. The van der Waals surface area contributed by atoms with Gasteiger partial charge in [-0.05, 0) is 22.9 Å². The van der Waals surface area contributed by atoms with Crippen LogP contribution in [0.3, 0.4) is 0 Å². The van der Waals surface area contributed by atoms with Gasteiger partial charge in [-0.2, -0.15) is 10.5 Å². The number of amides is 1. The van der Waals surface area contributed by atoms with E-state index in [0.717, 1.165) is 18.2 Å². The van der Waals surface area contributed by atoms with Gasteiger partial charge in [0, 0.05) is 6.07 Å². The molecule has 0 aliphatic heterocycles. The Labute approximate surface area is 126 Å². The number of nitro groups is 1. The number of hydrogen-bond acceptors (Lipinski definition) is 9. The maximum Gasteiger partial charge on any atom is 0.315 e. The Morgan fingerprint density at radius 3 is 2.78 bits per heavy atom. The molecule has 1 aromatic carbocycles. The van der Waals surface area contributed by atoms with Gasteiger partial charge in [0.05, 0.1) is 4.92 Å². The zero-order valence-corrected chi connectivity index (χ0v) is 11.1. The molecule has 2 aromatic rings. The molecular weight excluding hydrogens is 310 g/mol. The Balaban J connectivity index is 2.36. The summed E-state index contributed by atoms with van der Waals surface area (Å²) >= 11 is 0. The van der Waals surface area contributed by atoms with Crippen LogP contribution in [0.2, 0.25) is 0 Å². The van der Waals surface area contributed by atoms with Crippen molar-refractivity contribution < 1.29 is 19.9 Å². The number of aromatic nitrogens is 4. The highest BCUT2D eigenvalue weighted by molar-refractivity contribution is 6.09. The molecule has 0 saturated carbocycles. The maximum absolute atomic E-state index is 11.8. The first-order valence-electron chi connectivity index (χ1n) is 5.79.